The lowest BCUT2D eigenvalue weighted by atomic mass is 10.00. The molecule has 25 heavy (non-hydrogen) atoms. The zero-order chi connectivity index (χ0) is 18.5. The minimum atomic E-state index is -0.131. The summed E-state index contributed by atoms with van der Waals surface area (Å²) in [6.45, 7) is 8.83. The van der Waals surface area contributed by atoms with Gasteiger partial charge in [0.05, 0.1) is 7.11 Å². The zero-order valence-corrected chi connectivity index (χ0v) is 16.1. The first-order valence-electron chi connectivity index (χ1n) is 9.22. The van der Waals surface area contributed by atoms with E-state index in [2.05, 4.69) is 60.4 Å². The second kappa shape index (κ2) is 12.3. The molecule has 0 aliphatic carbocycles. The molecule has 0 spiro atoms. The standard InChI is InChI=1S/C20H33N3O2/c1-5-21-20(22-13-8-6-7-12-19(24)25-4)23-15-17(3)18-11-9-10-16(2)14-18/h9-11,14,17H,5-8,12-13,15H2,1-4H3,(H2,21,22,23). The summed E-state index contributed by atoms with van der Waals surface area (Å²) < 4.78 is 4.64. The van der Waals surface area contributed by atoms with Gasteiger partial charge in [0.2, 0.25) is 0 Å². The Bertz CT molecular complexity index is 543. The molecule has 5 heteroatoms. The van der Waals surface area contributed by atoms with Crippen LogP contribution in [0.4, 0.5) is 0 Å². The number of rotatable bonds is 10. The quantitative estimate of drug-likeness (QED) is 0.295. The van der Waals surface area contributed by atoms with Crippen molar-refractivity contribution in [2.45, 2.75) is 52.4 Å². The third-order valence-electron chi connectivity index (χ3n) is 4.06. The number of nitrogens with one attached hydrogen (secondary N) is 2. The molecule has 2 N–H and O–H groups in total. The van der Waals surface area contributed by atoms with Crippen molar-refractivity contribution in [3.05, 3.63) is 35.4 Å². The monoisotopic (exact) mass is 347 g/mol. The minimum absolute atomic E-state index is 0.131. The number of guanidine groups is 1. The van der Waals surface area contributed by atoms with Gasteiger partial charge >= 0.3 is 5.97 Å². The molecule has 1 unspecified atom stereocenters. The van der Waals surface area contributed by atoms with Crippen LogP contribution in [0.3, 0.4) is 0 Å². The van der Waals surface area contributed by atoms with Crippen LogP contribution in [0, 0.1) is 6.92 Å². The van der Waals surface area contributed by atoms with Crippen molar-refractivity contribution in [1.82, 2.24) is 10.6 Å². The van der Waals surface area contributed by atoms with Crippen LogP contribution in [-0.2, 0) is 9.53 Å². The number of benzene rings is 1. The number of nitrogens with zero attached hydrogens (tertiary/aromatic N) is 1. The number of hydrogen-bond acceptors (Lipinski definition) is 3. The molecule has 0 saturated heterocycles. The second-order valence-electron chi connectivity index (χ2n) is 6.35. The summed E-state index contributed by atoms with van der Waals surface area (Å²) in [6.07, 6.45) is 3.38. The van der Waals surface area contributed by atoms with Crippen LogP contribution in [0.1, 0.15) is 56.6 Å². The molecule has 0 fully saturated rings. The maximum Gasteiger partial charge on any atom is 0.305 e. The predicted octanol–water partition coefficient (Wildman–Crippen LogP) is 3.39. The molecule has 140 valence electrons. The van der Waals surface area contributed by atoms with E-state index in [4.69, 9.17) is 4.99 Å². The summed E-state index contributed by atoms with van der Waals surface area (Å²) in [7, 11) is 1.43. The summed E-state index contributed by atoms with van der Waals surface area (Å²) >= 11 is 0. The van der Waals surface area contributed by atoms with Gasteiger partial charge in [-0.05, 0) is 32.3 Å². The van der Waals surface area contributed by atoms with E-state index in [1.165, 1.54) is 18.2 Å². The number of unbranched alkanes of at least 4 members (excludes halogenated alkanes) is 2. The van der Waals surface area contributed by atoms with Crippen LogP contribution in [0.25, 0.3) is 0 Å². The number of esters is 1. The Kier molecular flexibility index (Phi) is 10.4. The van der Waals surface area contributed by atoms with Gasteiger partial charge in [-0.1, -0.05) is 43.2 Å². The van der Waals surface area contributed by atoms with Gasteiger partial charge in [-0.25, -0.2) is 0 Å². The lowest BCUT2D eigenvalue weighted by Crippen LogP contribution is -2.38. The van der Waals surface area contributed by atoms with E-state index in [-0.39, 0.29) is 5.97 Å². The van der Waals surface area contributed by atoms with Gasteiger partial charge in [0.25, 0.3) is 0 Å². The van der Waals surface area contributed by atoms with Gasteiger partial charge in [0, 0.05) is 32.0 Å². The number of ether oxygens (including phenoxy) is 1. The van der Waals surface area contributed by atoms with Gasteiger partial charge in [0.15, 0.2) is 5.96 Å². The molecule has 1 aromatic rings. The van der Waals surface area contributed by atoms with E-state index in [0.717, 1.165) is 44.9 Å². The first-order chi connectivity index (χ1) is 12.1. The molecule has 0 aliphatic heterocycles. The lowest BCUT2D eigenvalue weighted by molar-refractivity contribution is -0.140. The SMILES string of the molecule is CCNC(=NCC(C)c1cccc(C)c1)NCCCCCC(=O)OC. The maximum absolute atomic E-state index is 11.1. The minimum Gasteiger partial charge on any atom is -0.469 e. The van der Waals surface area contributed by atoms with Gasteiger partial charge in [-0.15, -0.1) is 0 Å². The average molecular weight is 348 g/mol. The molecule has 0 bridgehead atoms. The van der Waals surface area contributed by atoms with Crippen LogP contribution >= 0.6 is 0 Å². The van der Waals surface area contributed by atoms with Crippen molar-refractivity contribution in [2.24, 2.45) is 4.99 Å². The van der Waals surface area contributed by atoms with E-state index in [1.54, 1.807) is 0 Å². The van der Waals surface area contributed by atoms with Gasteiger partial charge in [-0.2, -0.15) is 0 Å². The first kappa shape index (κ1) is 21.0. The average Bonchev–Trinajstić information content (AvgIpc) is 2.61. The second-order valence-corrected chi connectivity index (χ2v) is 6.35. The number of aryl methyl sites for hydroxylation is 1. The molecule has 0 radical (unpaired) electrons. The van der Waals surface area contributed by atoms with E-state index < -0.39 is 0 Å². The molecule has 1 aromatic carbocycles. The number of carbonyl (C=O) groups excluding carboxylic acids is 1. The molecule has 5 nitrogen and oxygen atoms in total. The van der Waals surface area contributed by atoms with Gasteiger partial charge in [-0.3, -0.25) is 9.79 Å². The Morgan fingerprint density at radius 1 is 1.24 bits per heavy atom. The van der Waals surface area contributed by atoms with Gasteiger partial charge < -0.3 is 15.4 Å². The van der Waals surface area contributed by atoms with Crippen LogP contribution < -0.4 is 10.6 Å². The van der Waals surface area contributed by atoms with E-state index >= 15 is 0 Å². The van der Waals surface area contributed by atoms with Crippen molar-refractivity contribution < 1.29 is 9.53 Å². The lowest BCUT2D eigenvalue weighted by Gasteiger charge is -2.14. The summed E-state index contributed by atoms with van der Waals surface area (Å²) in [6, 6.07) is 8.60. The molecule has 0 amide bonds. The number of carbonyl (C=O) groups is 1. The molecule has 0 aliphatic rings. The third-order valence-corrected chi connectivity index (χ3v) is 4.06. The van der Waals surface area contributed by atoms with Crippen LogP contribution in [0.2, 0.25) is 0 Å². The number of aliphatic imine (C=N–C) groups is 1. The third kappa shape index (κ3) is 9.13. The molecular weight excluding hydrogens is 314 g/mol. The van der Waals surface area contributed by atoms with Crippen molar-refractivity contribution >= 4 is 11.9 Å². The first-order valence-corrected chi connectivity index (χ1v) is 9.22. The van der Waals surface area contributed by atoms with Crippen molar-refractivity contribution in [3.63, 3.8) is 0 Å². The van der Waals surface area contributed by atoms with Gasteiger partial charge in [0.1, 0.15) is 0 Å². The van der Waals surface area contributed by atoms with E-state index in [1.807, 2.05) is 0 Å². The molecule has 1 rings (SSSR count). The molecule has 0 saturated carbocycles. The van der Waals surface area contributed by atoms with Crippen molar-refractivity contribution in [1.29, 1.82) is 0 Å². The Morgan fingerprint density at radius 2 is 2.04 bits per heavy atom. The van der Waals surface area contributed by atoms with Crippen LogP contribution in [0.5, 0.6) is 0 Å². The molecule has 1 atom stereocenters. The predicted molar refractivity (Wildman–Crippen MR) is 104 cm³/mol. The highest BCUT2D eigenvalue weighted by molar-refractivity contribution is 5.79. The Labute approximate surface area is 152 Å². The van der Waals surface area contributed by atoms with Crippen molar-refractivity contribution in [2.75, 3.05) is 26.7 Å². The molecular formula is C20H33N3O2. The highest BCUT2D eigenvalue weighted by atomic mass is 16.5. The number of methoxy groups -OCH3 is 1. The summed E-state index contributed by atoms with van der Waals surface area (Å²) in [5, 5.41) is 6.65. The fourth-order valence-electron chi connectivity index (χ4n) is 2.53. The van der Waals surface area contributed by atoms with E-state index in [9.17, 15) is 4.79 Å². The number of hydrogen-bond donors (Lipinski definition) is 2. The highest BCUT2D eigenvalue weighted by Crippen LogP contribution is 2.16. The maximum atomic E-state index is 11.1. The smallest absolute Gasteiger partial charge is 0.305 e. The Hall–Kier alpha value is -2.04. The molecule has 0 aromatic heterocycles. The largest absolute Gasteiger partial charge is 0.469 e. The zero-order valence-electron chi connectivity index (χ0n) is 16.1. The summed E-state index contributed by atoms with van der Waals surface area (Å²) in [4.78, 5) is 15.8. The normalized spacial score (nSPS) is 12.6. The van der Waals surface area contributed by atoms with Crippen LogP contribution in [-0.4, -0.2) is 38.7 Å². The highest BCUT2D eigenvalue weighted by Gasteiger charge is 2.06. The summed E-state index contributed by atoms with van der Waals surface area (Å²) in [5.74, 6) is 1.11. The molecule has 0 heterocycles. The fourth-order valence-corrected chi connectivity index (χ4v) is 2.53. The fraction of sp³-hybridized carbons (Fsp3) is 0.600. The van der Waals surface area contributed by atoms with E-state index in [0.29, 0.717) is 12.3 Å². The topological polar surface area (TPSA) is 62.7 Å². The summed E-state index contributed by atoms with van der Waals surface area (Å²) in [5.41, 5.74) is 2.60. The Balaban J connectivity index is 2.36. The Morgan fingerprint density at radius 3 is 2.72 bits per heavy atom. The van der Waals surface area contributed by atoms with Crippen molar-refractivity contribution in [3.8, 4) is 0 Å². The van der Waals surface area contributed by atoms with Crippen LogP contribution in [0.15, 0.2) is 29.3 Å².